The van der Waals surface area contributed by atoms with Gasteiger partial charge in [-0.1, -0.05) is 188 Å². The minimum atomic E-state index is 1.08. The third kappa shape index (κ3) is 6.32. The molecular weight excluding hydrogens is 725 g/mol. The van der Waals surface area contributed by atoms with E-state index in [0.717, 1.165) is 28.3 Å². The summed E-state index contributed by atoms with van der Waals surface area (Å²) >= 11 is 0. The topological polar surface area (TPSA) is 8.17 Å². The zero-order valence-corrected chi connectivity index (χ0v) is 33.0. The quantitative estimate of drug-likeness (QED) is 0.150. The van der Waals surface area contributed by atoms with Gasteiger partial charge in [-0.05, 0) is 104 Å². The van der Waals surface area contributed by atoms with Crippen LogP contribution in [0.25, 0.3) is 82.8 Å². The van der Waals surface area contributed by atoms with Crippen LogP contribution in [0.15, 0.2) is 243 Å². The van der Waals surface area contributed by atoms with Gasteiger partial charge in [-0.2, -0.15) is 0 Å². The fourth-order valence-corrected chi connectivity index (χ4v) is 8.90. The van der Waals surface area contributed by atoms with E-state index in [9.17, 15) is 0 Å². The maximum absolute atomic E-state index is 2.48. The Morgan fingerprint density at radius 1 is 0.283 bits per heavy atom. The second kappa shape index (κ2) is 15.1. The van der Waals surface area contributed by atoms with Crippen LogP contribution in [0.4, 0.5) is 17.1 Å². The van der Waals surface area contributed by atoms with E-state index in [-0.39, 0.29) is 0 Å². The summed E-state index contributed by atoms with van der Waals surface area (Å²) in [6, 6.07) is 88.0. The molecule has 0 aliphatic carbocycles. The number of benzene rings is 10. The lowest BCUT2D eigenvalue weighted by Gasteiger charge is -2.26. The third-order valence-corrected chi connectivity index (χ3v) is 11.8. The second-order valence-electron chi connectivity index (χ2n) is 15.3. The molecule has 0 fully saturated rings. The van der Waals surface area contributed by atoms with Gasteiger partial charge in [0.1, 0.15) is 0 Å². The molecule has 1 aromatic heterocycles. The fourth-order valence-electron chi connectivity index (χ4n) is 8.90. The standard InChI is InChI=1S/C58H40N2/c1-4-15-41(16-5-1)44-29-33-49(34-30-44)59(50-35-31-45(32-36-50)42-17-6-2-7-18-42)51-37-38-54-53-23-12-13-25-55(53)60(57(54)40-51)56-26-14-24-52(58(56)46-20-8-3-9-21-46)48-28-27-43-19-10-11-22-47(43)39-48/h1-40H. The highest BCUT2D eigenvalue weighted by Gasteiger charge is 2.21. The van der Waals surface area contributed by atoms with Crippen molar-refractivity contribution in [3.05, 3.63) is 243 Å². The lowest BCUT2D eigenvalue weighted by Crippen LogP contribution is -2.10. The molecule has 10 aromatic carbocycles. The summed E-state index contributed by atoms with van der Waals surface area (Å²) in [5.41, 5.74) is 16.3. The van der Waals surface area contributed by atoms with Gasteiger partial charge in [-0.25, -0.2) is 0 Å². The lowest BCUT2D eigenvalue weighted by molar-refractivity contribution is 1.18. The Kier molecular flexibility index (Phi) is 8.87. The van der Waals surface area contributed by atoms with Crippen LogP contribution in [-0.2, 0) is 0 Å². The number of nitrogens with zero attached hydrogens (tertiary/aromatic N) is 2. The van der Waals surface area contributed by atoms with Gasteiger partial charge in [0.25, 0.3) is 0 Å². The molecule has 0 unspecified atom stereocenters. The summed E-state index contributed by atoms with van der Waals surface area (Å²) < 4.78 is 2.48. The van der Waals surface area contributed by atoms with Gasteiger partial charge in [0.05, 0.1) is 16.7 Å². The first-order valence-corrected chi connectivity index (χ1v) is 20.6. The third-order valence-electron chi connectivity index (χ3n) is 11.8. The van der Waals surface area contributed by atoms with Crippen molar-refractivity contribution < 1.29 is 0 Å². The number of aromatic nitrogens is 1. The Morgan fingerprint density at radius 2 is 0.783 bits per heavy atom. The zero-order chi connectivity index (χ0) is 39.8. The normalized spacial score (nSPS) is 11.3. The van der Waals surface area contributed by atoms with E-state index < -0.39 is 0 Å². The Bertz CT molecular complexity index is 3190. The molecule has 0 bridgehead atoms. The van der Waals surface area contributed by atoms with Crippen molar-refractivity contribution in [2.75, 3.05) is 4.90 Å². The zero-order valence-electron chi connectivity index (χ0n) is 33.0. The van der Waals surface area contributed by atoms with E-state index in [4.69, 9.17) is 0 Å². The molecule has 60 heavy (non-hydrogen) atoms. The van der Waals surface area contributed by atoms with Gasteiger partial charge in [-0.3, -0.25) is 0 Å². The molecule has 0 saturated carbocycles. The highest BCUT2D eigenvalue weighted by atomic mass is 15.1. The number of anilines is 3. The van der Waals surface area contributed by atoms with Gasteiger partial charge < -0.3 is 9.47 Å². The van der Waals surface area contributed by atoms with Crippen molar-refractivity contribution in [3.63, 3.8) is 0 Å². The number of para-hydroxylation sites is 1. The molecule has 11 aromatic rings. The highest BCUT2D eigenvalue weighted by Crippen LogP contribution is 2.44. The summed E-state index contributed by atoms with van der Waals surface area (Å²) in [5, 5.41) is 4.90. The van der Waals surface area contributed by atoms with Crippen molar-refractivity contribution in [2.45, 2.75) is 0 Å². The maximum Gasteiger partial charge on any atom is 0.0562 e. The predicted octanol–water partition coefficient (Wildman–Crippen LogP) is 16.1. The molecule has 0 aliphatic rings. The number of fused-ring (bicyclic) bond motifs is 4. The predicted molar refractivity (Wildman–Crippen MR) is 255 cm³/mol. The molecule has 0 aliphatic heterocycles. The highest BCUT2D eigenvalue weighted by molar-refractivity contribution is 6.11. The van der Waals surface area contributed by atoms with Gasteiger partial charge in [-0.15, -0.1) is 0 Å². The minimum Gasteiger partial charge on any atom is -0.310 e. The van der Waals surface area contributed by atoms with E-state index in [2.05, 4.69) is 252 Å². The maximum atomic E-state index is 2.48. The van der Waals surface area contributed by atoms with E-state index in [1.807, 2.05) is 0 Å². The fraction of sp³-hybridized carbons (Fsp3) is 0. The largest absolute Gasteiger partial charge is 0.310 e. The van der Waals surface area contributed by atoms with Crippen molar-refractivity contribution >= 4 is 49.6 Å². The molecule has 0 radical (unpaired) electrons. The number of rotatable bonds is 8. The molecule has 0 atom stereocenters. The van der Waals surface area contributed by atoms with Crippen LogP contribution < -0.4 is 4.90 Å². The summed E-state index contributed by atoms with van der Waals surface area (Å²) in [7, 11) is 0. The van der Waals surface area contributed by atoms with E-state index in [1.165, 1.54) is 71.6 Å². The molecule has 2 heteroatoms. The van der Waals surface area contributed by atoms with Crippen molar-refractivity contribution in [1.29, 1.82) is 0 Å². The number of hydrogen-bond donors (Lipinski definition) is 0. The second-order valence-corrected chi connectivity index (χ2v) is 15.3. The van der Waals surface area contributed by atoms with Gasteiger partial charge in [0, 0.05) is 33.4 Å². The lowest BCUT2D eigenvalue weighted by atomic mass is 9.91. The van der Waals surface area contributed by atoms with Gasteiger partial charge in [0.2, 0.25) is 0 Å². The molecule has 0 saturated heterocycles. The van der Waals surface area contributed by atoms with Gasteiger partial charge in [0.15, 0.2) is 0 Å². The summed E-state index contributed by atoms with van der Waals surface area (Å²) in [4.78, 5) is 2.38. The summed E-state index contributed by atoms with van der Waals surface area (Å²) in [6.07, 6.45) is 0. The van der Waals surface area contributed by atoms with Crippen LogP contribution in [-0.4, -0.2) is 4.57 Å². The SMILES string of the molecule is c1ccc(-c2ccc(N(c3ccc(-c4ccccc4)cc3)c3ccc4c5ccccc5n(-c5cccc(-c6ccc7ccccc7c6)c5-c5ccccc5)c4c3)cc2)cc1. The van der Waals surface area contributed by atoms with Crippen molar-refractivity contribution in [1.82, 2.24) is 4.57 Å². The first-order chi connectivity index (χ1) is 29.8. The number of hydrogen-bond acceptors (Lipinski definition) is 1. The first-order valence-electron chi connectivity index (χ1n) is 20.6. The van der Waals surface area contributed by atoms with Crippen LogP contribution in [0.2, 0.25) is 0 Å². The molecular formula is C58H40N2. The molecule has 0 N–H and O–H groups in total. The van der Waals surface area contributed by atoms with Crippen molar-refractivity contribution in [3.8, 4) is 50.2 Å². The van der Waals surface area contributed by atoms with Crippen LogP contribution >= 0.6 is 0 Å². The molecule has 282 valence electrons. The molecule has 11 rings (SSSR count). The van der Waals surface area contributed by atoms with Crippen LogP contribution in [0, 0.1) is 0 Å². The van der Waals surface area contributed by atoms with E-state index in [0.29, 0.717) is 0 Å². The van der Waals surface area contributed by atoms with Crippen LogP contribution in [0.3, 0.4) is 0 Å². The Labute approximate surface area is 350 Å². The molecule has 0 amide bonds. The smallest absolute Gasteiger partial charge is 0.0562 e. The monoisotopic (exact) mass is 764 g/mol. The van der Waals surface area contributed by atoms with Crippen LogP contribution in [0.5, 0.6) is 0 Å². The van der Waals surface area contributed by atoms with E-state index in [1.54, 1.807) is 0 Å². The van der Waals surface area contributed by atoms with Gasteiger partial charge >= 0.3 is 0 Å². The Balaban J connectivity index is 1.13. The van der Waals surface area contributed by atoms with Crippen LogP contribution in [0.1, 0.15) is 0 Å². The molecule has 1 heterocycles. The molecule has 0 spiro atoms. The van der Waals surface area contributed by atoms with E-state index >= 15 is 0 Å². The van der Waals surface area contributed by atoms with Crippen molar-refractivity contribution in [2.24, 2.45) is 0 Å². The Morgan fingerprint density at radius 3 is 1.43 bits per heavy atom. The summed E-state index contributed by atoms with van der Waals surface area (Å²) in [6.45, 7) is 0. The average Bonchev–Trinajstić information content (AvgIpc) is 3.66. The average molecular weight is 765 g/mol. The minimum absolute atomic E-state index is 1.08. The Hall–Kier alpha value is -7.94. The summed E-state index contributed by atoms with van der Waals surface area (Å²) in [5.74, 6) is 0. The first kappa shape index (κ1) is 35.2. The molecule has 2 nitrogen and oxygen atoms in total.